The maximum absolute atomic E-state index is 13.3. The Bertz CT molecular complexity index is 842. The number of piperidine rings is 3. The van der Waals surface area contributed by atoms with Crippen molar-refractivity contribution < 1.29 is 19.1 Å². The molecule has 2 aromatic rings. The standard InChI is InChI=1S/C26H30NO3/c1-2-24(16-20-27-17-13-21(14-18-27)15-19-27)30-25(28)26(29,22-9-5-3-6-10-22)23-11-7-4-8-12-23/h1,3-12,21,24,29H,13-20H2/q+1/t21?,24-,27?/m0/s1. The van der Waals surface area contributed by atoms with Crippen LogP contribution >= 0.6 is 0 Å². The first-order valence-corrected chi connectivity index (χ1v) is 10.9. The molecule has 0 saturated carbocycles. The summed E-state index contributed by atoms with van der Waals surface area (Å²) in [6.45, 7) is 4.53. The van der Waals surface area contributed by atoms with Gasteiger partial charge in [-0.2, -0.15) is 0 Å². The van der Waals surface area contributed by atoms with Crippen molar-refractivity contribution in [3.05, 3.63) is 71.8 Å². The highest BCUT2D eigenvalue weighted by Crippen LogP contribution is 2.35. The van der Waals surface area contributed by atoms with Gasteiger partial charge in [0, 0.05) is 6.42 Å². The predicted molar refractivity (Wildman–Crippen MR) is 116 cm³/mol. The van der Waals surface area contributed by atoms with Crippen LogP contribution in [-0.2, 0) is 15.1 Å². The van der Waals surface area contributed by atoms with Gasteiger partial charge in [-0.25, -0.2) is 4.79 Å². The van der Waals surface area contributed by atoms with Crippen molar-refractivity contribution >= 4 is 5.97 Å². The lowest BCUT2D eigenvalue weighted by atomic mass is 9.85. The van der Waals surface area contributed by atoms with Crippen LogP contribution in [0.25, 0.3) is 0 Å². The lowest BCUT2D eigenvalue weighted by Gasteiger charge is -2.49. The number of carbonyl (C=O) groups excluding carboxylic acids is 1. The molecule has 0 radical (unpaired) electrons. The number of aliphatic hydroxyl groups is 1. The van der Waals surface area contributed by atoms with E-state index in [0.29, 0.717) is 17.5 Å². The average Bonchev–Trinajstić information content (AvgIpc) is 2.83. The zero-order valence-corrected chi connectivity index (χ0v) is 17.4. The summed E-state index contributed by atoms with van der Waals surface area (Å²) < 4.78 is 6.82. The second-order valence-electron chi connectivity index (χ2n) is 8.76. The molecule has 1 atom stereocenters. The summed E-state index contributed by atoms with van der Waals surface area (Å²) in [5, 5.41) is 11.5. The molecule has 0 unspecified atom stereocenters. The van der Waals surface area contributed by atoms with E-state index in [-0.39, 0.29) is 0 Å². The minimum atomic E-state index is -1.90. The van der Waals surface area contributed by atoms with Crippen molar-refractivity contribution in [2.45, 2.75) is 37.4 Å². The van der Waals surface area contributed by atoms with Crippen LogP contribution in [0.15, 0.2) is 60.7 Å². The number of fused-ring (bicyclic) bond motifs is 3. The average molecular weight is 405 g/mol. The van der Waals surface area contributed by atoms with Crippen LogP contribution in [0.1, 0.15) is 36.8 Å². The molecule has 2 aromatic carbocycles. The van der Waals surface area contributed by atoms with Gasteiger partial charge in [0.25, 0.3) is 0 Å². The van der Waals surface area contributed by atoms with Gasteiger partial charge < -0.3 is 14.3 Å². The first-order valence-electron chi connectivity index (χ1n) is 10.9. The third-order valence-electron chi connectivity index (χ3n) is 7.01. The molecule has 0 aromatic heterocycles. The zero-order chi connectivity index (χ0) is 21.0. The largest absolute Gasteiger partial charge is 0.446 e. The first kappa shape index (κ1) is 20.7. The highest BCUT2D eigenvalue weighted by atomic mass is 16.6. The summed E-state index contributed by atoms with van der Waals surface area (Å²) in [4.78, 5) is 13.3. The molecule has 3 aliphatic heterocycles. The van der Waals surface area contributed by atoms with Crippen LogP contribution in [0, 0.1) is 18.3 Å². The van der Waals surface area contributed by atoms with E-state index in [2.05, 4.69) is 5.92 Å². The number of hydrogen-bond acceptors (Lipinski definition) is 3. The van der Waals surface area contributed by atoms with Gasteiger partial charge in [-0.05, 0) is 36.3 Å². The smallest absolute Gasteiger partial charge is 0.348 e. The Morgan fingerprint density at radius 2 is 1.53 bits per heavy atom. The minimum Gasteiger partial charge on any atom is -0.446 e. The molecule has 30 heavy (non-hydrogen) atoms. The molecule has 3 aliphatic rings. The van der Waals surface area contributed by atoms with E-state index in [1.54, 1.807) is 48.5 Å². The van der Waals surface area contributed by atoms with Gasteiger partial charge in [-0.15, -0.1) is 6.42 Å². The lowest BCUT2D eigenvalue weighted by Crippen LogP contribution is -2.59. The summed E-state index contributed by atoms with van der Waals surface area (Å²) in [6, 6.07) is 17.8. The Labute approximate surface area is 179 Å². The van der Waals surface area contributed by atoms with Crippen molar-refractivity contribution in [1.82, 2.24) is 0 Å². The Hall–Kier alpha value is -2.61. The molecule has 3 fully saturated rings. The van der Waals surface area contributed by atoms with Crippen LogP contribution in [0.3, 0.4) is 0 Å². The molecule has 3 saturated heterocycles. The van der Waals surface area contributed by atoms with Gasteiger partial charge in [0.2, 0.25) is 5.60 Å². The molecule has 156 valence electrons. The molecule has 4 nitrogen and oxygen atoms in total. The SMILES string of the molecule is C#C[C@@H](CC[N+]12CCC(CC1)CC2)OC(=O)C(O)(c1ccccc1)c1ccccc1. The Kier molecular flexibility index (Phi) is 5.94. The molecule has 3 heterocycles. The number of rotatable bonds is 7. The number of quaternary nitrogens is 1. The number of carbonyl (C=O) groups is 1. The molecule has 0 aliphatic carbocycles. The van der Waals surface area contributed by atoms with Crippen molar-refractivity contribution in [2.24, 2.45) is 5.92 Å². The maximum atomic E-state index is 13.3. The summed E-state index contributed by atoms with van der Waals surface area (Å²) in [7, 11) is 0. The van der Waals surface area contributed by atoms with Crippen LogP contribution in [0.2, 0.25) is 0 Å². The number of benzene rings is 2. The van der Waals surface area contributed by atoms with E-state index >= 15 is 0 Å². The van der Waals surface area contributed by atoms with Gasteiger partial charge in [-0.3, -0.25) is 0 Å². The maximum Gasteiger partial charge on any atom is 0.348 e. The molecule has 4 heteroatoms. The van der Waals surface area contributed by atoms with Gasteiger partial charge in [0.1, 0.15) is 0 Å². The number of esters is 1. The number of hydrogen-bond donors (Lipinski definition) is 1. The number of terminal acetylenes is 1. The van der Waals surface area contributed by atoms with Crippen molar-refractivity contribution in [1.29, 1.82) is 0 Å². The summed E-state index contributed by atoms with van der Waals surface area (Å²) in [5.74, 6) is 2.82. The van der Waals surface area contributed by atoms with Crippen molar-refractivity contribution in [3.8, 4) is 12.3 Å². The Balaban J connectivity index is 1.51. The molecule has 5 rings (SSSR count). The minimum absolute atomic E-state index is 0.469. The molecule has 0 amide bonds. The van der Waals surface area contributed by atoms with Crippen molar-refractivity contribution in [2.75, 3.05) is 26.2 Å². The number of nitrogens with zero attached hydrogens (tertiary/aromatic N) is 1. The Morgan fingerprint density at radius 3 is 2.00 bits per heavy atom. The third-order valence-corrected chi connectivity index (χ3v) is 7.01. The van der Waals surface area contributed by atoms with Gasteiger partial charge in [0.15, 0.2) is 6.10 Å². The highest BCUT2D eigenvalue weighted by molar-refractivity contribution is 5.85. The van der Waals surface area contributed by atoms with Crippen molar-refractivity contribution in [3.63, 3.8) is 0 Å². The molecule has 0 spiro atoms. The second-order valence-corrected chi connectivity index (χ2v) is 8.76. The molecule has 1 N–H and O–H groups in total. The van der Waals surface area contributed by atoms with Gasteiger partial charge in [0.05, 0.1) is 26.2 Å². The monoisotopic (exact) mass is 404 g/mol. The third kappa shape index (κ3) is 4.01. The summed E-state index contributed by atoms with van der Waals surface area (Å²) >= 11 is 0. The first-order chi connectivity index (χ1) is 14.6. The Morgan fingerprint density at radius 1 is 1.03 bits per heavy atom. The van der Waals surface area contributed by atoms with E-state index in [1.807, 2.05) is 12.1 Å². The van der Waals surface area contributed by atoms with Gasteiger partial charge >= 0.3 is 5.97 Å². The summed E-state index contributed by atoms with van der Waals surface area (Å²) in [6.07, 6.45) is 9.59. The quantitative estimate of drug-likeness (QED) is 0.437. The highest BCUT2D eigenvalue weighted by Gasteiger charge is 2.43. The van der Waals surface area contributed by atoms with Gasteiger partial charge in [-0.1, -0.05) is 66.6 Å². The summed E-state index contributed by atoms with van der Waals surface area (Å²) in [5.41, 5.74) is -0.956. The normalized spacial score (nSPS) is 24.1. The van der Waals surface area contributed by atoms with Crippen LogP contribution < -0.4 is 0 Å². The number of ether oxygens (including phenoxy) is 1. The fraction of sp³-hybridized carbons (Fsp3) is 0.423. The zero-order valence-electron chi connectivity index (χ0n) is 17.4. The predicted octanol–water partition coefficient (Wildman–Crippen LogP) is 3.49. The van der Waals surface area contributed by atoms with E-state index in [4.69, 9.17) is 11.2 Å². The van der Waals surface area contributed by atoms with E-state index in [1.165, 1.54) is 38.9 Å². The second kappa shape index (κ2) is 8.63. The lowest BCUT2D eigenvalue weighted by molar-refractivity contribution is -0.943. The van der Waals surface area contributed by atoms with Crippen LogP contribution in [-0.4, -0.2) is 47.8 Å². The fourth-order valence-corrected chi connectivity index (χ4v) is 5.02. The van der Waals surface area contributed by atoms with E-state index in [9.17, 15) is 9.90 Å². The molecule has 2 bridgehead atoms. The molecular formula is C26H30NO3+. The van der Waals surface area contributed by atoms with E-state index < -0.39 is 17.7 Å². The van der Waals surface area contributed by atoms with E-state index in [0.717, 1.165) is 16.9 Å². The van der Waals surface area contributed by atoms with Crippen LogP contribution in [0.4, 0.5) is 0 Å². The topological polar surface area (TPSA) is 46.5 Å². The fourth-order valence-electron chi connectivity index (χ4n) is 5.02. The van der Waals surface area contributed by atoms with Crippen LogP contribution in [0.5, 0.6) is 0 Å². The molecular weight excluding hydrogens is 374 g/mol.